The summed E-state index contributed by atoms with van der Waals surface area (Å²) in [5.41, 5.74) is -0.490. The maximum atomic E-state index is 13.8. The van der Waals surface area contributed by atoms with Crippen molar-refractivity contribution in [1.82, 2.24) is 0 Å². The molecule has 0 amide bonds. The molecule has 0 bridgehead atoms. The first kappa shape index (κ1) is 13.9. The highest BCUT2D eigenvalue weighted by Crippen LogP contribution is 2.30. The molecule has 4 heteroatoms. The zero-order chi connectivity index (χ0) is 13.1. The van der Waals surface area contributed by atoms with Gasteiger partial charge in [-0.1, -0.05) is 20.8 Å². The average Bonchev–Trinajstić information content (AvgIpc) is 2.14. The average molecular weight is 244 g/mol. The van der Waals surface area contributed by atoms with E-state index in [4.69, 9.17) is 9.47 Å². The van der Waals surface area contributed by atoms with Gasteiger partial charge in [0.25, 0.3) is 0 Å². The van der Waals surface area contributed by atoms with Gasteiger partial charge in [0.05, 0.1) is 6.61 Å². The third-order valence-electron chi connectivity index (χ3n) is 2.32. The fourth-order valence-corrected chi connectivity index (χ4v) is 1.59. The summed E-state index contributed by atoms with van der Waals surface area (Å²) in [4.78, 5) is 0. The minimum atomic E-state index is -0.579. The Morgan fingerprint density at radius 3 is 2.00 bits per heavy atom. The van der Waals surface area contributed by atoms with Crippen molar-refractivity contribution in [1.29, 1.82) is 0 Å². The lowest BCUT2D eigenvalue weighted by Crippen LogP contribution is -2.16. The molecular weight excluding hydrogens is 226 g/mol. The molecule has 0 unspecified atom stereocenters. The number of ether oxygens (including phenoxy) is 2. The van der Waals surface area contributed by atoms with Gasteiger partial charge in [0.2, 0.25) is 0 Å². The molecule has 0 atom stereocenters. The third kappa shape index (κ3) is 3.66. The minimum Gasteiger partial charge on any atom is -0.491 e. The number of hydrogen-bond acceptors (Lipinski definition) is 2. The summed E-state index contributed by atoms with van der Waals surface area (Å²) in [5, 5.41) is 0. The van der Waals surface area contributed by atoms with Crippen molar-refractivity contribution in [3.63, 3.8) is 0 Å². The summed E-state index contributed by atoms with van der Waals surface area (Å²) < 4.78 is 37.5. The van der Waals surface area contributed by atoms with Crippen LogP contribution in [-0.4, -0.2) is 20.3 Å². The van der Waals surface area contributed by atoms with Crippen molar-refractivity contribution in [2.24, 2.45) is 0 Å². The number of methoxy groups -OCH3 is 1. The Balaban J connectivity index is 2.94. The zero-order valence-electron chi connectivity index (χ0n) is 10.6. The Kier molecular flexibility index (Phi) is 4.46. The molecule has 1 aromatic rings. The minimum absolute atomic E-state index is 0.0802. The predicted molar refractivity (Wildman–Crippen MR) is 62.4 cm³/mol. The van der Waals surface area contributed by atoms with Crippen LogP contribution in [0.4, 0.5) is 8.78 Å². The van der Waals surface area contributed by atoms with Crippen molar-refractivity contribution in [3.8, 4) is 5.75 Å². The van der Waals surface area contributed by atoms with Gasteiger partial charge < -0.3 is 9.47 Å². The highest BCUT2D eigenvalue weighted by atomic mass is 19.1. The maximum Gasteiger partial charge on any atom is 0.133 e. The van der Waals surface area contributed by atoms with E-state index >= 15 is 0 Å². The quantitative estimate of drug-likeness (QED) is 0.757. The topological polar surface area (TPSA) is 18.5 Å². The summed E-state index contributed by atoms with van der Waals surface area (Å²) in [6, 6.07) is 2.42. The second-order valence-corrected chi connectivity index (χ2v) is 4.85. The third-order valence-corrected chi connectivity index (χ3v) is 2.32. The zero-order valence-corrected chi connectivity index (χ0v) is 10.6. The van der Waals surface area contributed by atoms with Crippen LogP contribution in [0.15, 0.2) is 12.1 Å². The van der Waals surface area contributed by atoms with Crippen LogP contribution in [0.5, 0.6) is 5.75 Å². The van der Waals surface area contributed by atoms with E-state index in [1.807, 2.05) is 0 Å². The molecule has 0 aliphatic carbocycles. The molecule has 17 heavy (non-hydrogen) atoms. The SMILES string of the molecule is COCCOc1cc(F)c(C(C)(C)C)c(F)c1. The highest BCUT2D eigenvalue weighted by molar-refractivity contribution is 5.34. The van der Waals surface area contributed by atoms with Crippen LogP contribution < -0.4 is 4.74 Å². The van der Waals surface area contributed by atoms with Crippen molar-refractivity contribution in [2.75, 3.05) is 20.3 Å². The maximum absolute atomic E-state index is 13.8. The second-order valence-electron chi connectivity index (χ2n) is 4.85. The van der Waals surface area contributed by atoms with Gasteiger partial charge in [-0.25, -0.2) is 8.78 Å². The molecule has 0 N–H and O–H groups in total. The number of hydrogen-bond donors (Lipinski definition) is 0. The monoisotopic (exact) mass is 244 g/mol. The van der Waals surface area contributed by atoms with Crippen LogP contribution in [0.25, 0.3) is 0 Å². The van der Waals surface area contributed by atoms with E-state index in [2.05, 4.69) is 0 Å². The summed E-state index contributed by atoms with van der Waals surface area (Å²) >= 11 is 0. The van der Waals surface area contributed by atoms with Crippen LogP contribution in [0.1, 0.15) is 26.3 Å². The smallest absolute Gasteiger partial charge is 0.133 e. The first-order chi connectivity index (χ1) is 7.86. The van der Waals surface area contributed by atoms with Gasteiger partial charge in [-0.2, -0.15) is 0 Å². The van der Waals surface area contributed by atoms with Crippen molar-refractivity contribution >= 4 is 0 Å². The van der Waals surface area contributed by atoms with E-state index in [9.17, 15) is 8.78 Å². The molecule has 1 rings (SSSR count). The van der Waals surface area contributed by atoms with Crippen LogP contribution in [0.2, 0.25) is 0 Å². The van der Waals surface area contributed by atoms with E-state index in [0.29, 0.717) is 6.61 Å². The molecule has 1 aromatic carbocycles. The van der Waals surface area contributed by atoms with E-state index < -0.39 is 17.0 Å². The van der Waals surface area contributed by atoms with Crippen LogP contribution in [0, 0.1) is 11.6 Å². The Morgan fingerprint density at radius 2 is 1.59 bits per heavy atom. The molecule has 0 saturated carbocycles. The normalized spacial score (nSPS) is 11.6. The van der Waals surface area contributed by atoms with Crippen LogP contribution in [0.3, 0.4) is 0 Å². The first-order valence-corrected chi connectivity index (χ1v) is 5.47. The first-order valence-electron chi connectivity index (χ1n) is 5.47. The van der Waals surface area contributed by atoms with Gasteiger partial charge in [-0.05, 0) is 5.41 Å². The summed E-state index contributed by atoms with van der Waals surface area (Å²) in [6.07, 6.45) is 0. The van der Waals surface area contributed by atoms with E-state index in [0.717, 1.165) is 0 Å². The molecule has 2 nitrogen and oxygen atoms in total. The lowest BCUT2D eigenvalue weighted by Gasteiger charge is -2.21. The summed E-state index contributed by atoms with van der Waals surface area (Å²) in [6.45, 7) is 5.94. The molecule has 0 fully saturated rings. The highest BCUT2D eigenvalue weighted by Gasteiger charge is 2.23. The summed E-state index contributed by atoms with van der Waals surface area (Å²) in [7, 11) is 1.53. The van der Waals surface area contributed by atoms with E-state index in [1.54, 1.807) is 20.8 Å². The van der Waals surface area contributed by atoms with Gasteiger partial charge in [-0.15, -0.1) is 0 Å². The van der Waals surface area contributed by atoms with E-state index in [-0.39, 0.29) is 17.9 Å². The largest absolute Gasteiger partial charge is 0.491 e. The van der Waals surface area contributed by atoms with E-state index in [1.165, 1.54) is 19.2 Å². The fourth-order valence-electron chi connectivity index (χ4n) is 1.59. The molecule has 0 saturated heterocycles. The Labute approximate surface area is 101 Å². The number of halogens is 2. The van der Waals surface area contributed by atoms with Gasteiger partial charge in [0.15, 0.2) is 0 Å². The lowest BCUT2D eigenvalue weighted by atomic mass is 9.86. The standard InChI is InChI=1S/C13H18F2O2/c1-13(2,3)12-10(14)7-9(8-11(12)15)17-6-5-16-4/h7-8H,5-6H2,1-4H3. The van der Waals surface area contributed by atoms with Gasteiger partial charge in [-0.3, -0.25) is 0 Å². The lowest BCUT2D eigenvalue weighted by molar-refractivity contribution is 0.146. The summed E-state index contributed by atoms with van der Waals surface area (Å²) in [5.74, 6) is -0.972. The van der Waals surface area contributed by atoms with Crippen molar-refractivity contribution in [2.45, 2.75) is 26.2 Å². The van der Waals surface area contributed by atoms with Crippen LogP contribution in [-0.2, 0) is 10.2 Å². The Bertz CT molecular complexity index is 360. The van der Waals surface area contributed by atoms with Gasteiger partial charge in [0.1, 0.15) is 24.0 Å². The predicted octanol–water partition coefficient (Wildman–Crippen LogP) is 3.29. The van der Waals surface area contributed by atoms with Crippen molar-refractivity contribution in [3.05, 3.63) is 29.3 Å². The molecular formula is C13H18F2O2. The Morgan fingerprint density at radius 1 is 1.06 bits per heavy atom. The fraction of sp³-hybridized carbons (Fsp3) is 0.538. The molecule has 0 heterocycles. The molecule has 0 aromatic heterocycles. The number of benzene rings is 1. The van der Waals surface area contributed by atoms with Gasteiger partial charge >= 0.3 is 0 Å². The molecule has 0 radical (unpaired) electrons. The molecule has 0 spiro atoms. The van der Waals surface area contributed by atoms with Crippen molar-refractivity contribution < 1.29 is 18.3 Å². The molecule has 96 valence electrons. The second kappa shape index (κ2) is 5.45. The van der Waals surface area contributed by atoms with Gasteiger partial charge in [0, 0.05) is 24.8 Å². The van der Waals surface area contributed by atoms with Crippen LogP contribution >= 0.6 is 0 Å². The molecule has 0 aliphatic heterocycles. The number of rotatable bonds is 4. The molecule has 0 aliphatic rings. The Hall–Kier alpha value is -1.16.